The highest BCUT2D eigenvalue weighted by atomic mass is 32.2. The number of fused-ring (bicyclic) bond motifs is 9. The van der Waals surface area contributed by atoms with Crippen LogP contribution in [-0.2, 0) is 68.4 Å². The summed E-state index contributed by atoms with van der Waals surface area (Å²) in [7, 11) is -18.3. The van der Waals surface area contributed by atoms with E-state index in [4.69, 9.17) is 5.11 Å². The number of halogens is 12. The smallest absolute Gasteiger partial charge is 0.396 e. The van der Waals surface area contributed by atoms with Crippen molar-refractivity contribution in [2.24, 2.45) is 0 Å². The number of carboxylic acid groups (broad SMARTS) is 1. The summed E-state index contributed by atoms with van der Waals surface area (Å²) in [6.07, 6.45) is -5.22. The molecule has 12 rings (SSSR count). The number of rotatable bonds is 28. The molecule has 0 radical (unpaired) electrons. The van der Waals surface area contributed by atoms with E-state index < -0.39 is 146 Å². The predicted octanol–water partition coefficient (Wildman–Crippen LogP) is 20.2. The number of aliphatic carboxylic acids is 1. The van der Waals surface area contributed by atoms with Crippen molar-refractivity contribution in [3.63, 3.8) is 0 Å². The van der Waals surface area contributed by atoms with Crippen LogP contribution < -0.4 is 0 Å². The number of carboxylic acids is 1. The topological polar surface area (TPSA) is 289 Å². The molecular weight excluding hydrogens is 1680 g/mol. The van der Waals surface area contributed by atoms with Crippen LogP contribution in [0.4, 0.5) is 52.7 Å². The maximum Gasteiger partial charge on any atom is 0.396 e. The first-order chi connectivity index (χ1) is 54.9. The Morgan fingerprint density at radius 2 is 0.556 bits per heavy atom. The van der Waals surface area contributed by atoms with Crippen molar-refractivity contribution in [1.29, 1.82) is 0 Å². The van der Waals surface area contributed by atoms with Gasteiger partial charge in [-0.3, -0.25) is 0 Å². The minimum atomic E-state index is -6.53. The average Bonchev–Trinajstić information content (AvgIpc) is 1.66. The maximum absolute atomic E-state index is 13.0. The van der Waals surface area contributed by atoms with E-state index in [0.717, 1.165) is 7.11 Å². The number of methoxy groups -OCH3 is 1. The van der Waals surface area contributed by atoms with Gasteiger partial charge in [0.1, 0.15) is 0 Å². The van der Waals surface area contributed by atoms with Gasteiger partial charge in [-0.2, -0.15) is 52.7 Å². The fraction of sp³-hybridized carbons (Fsp3) is 0.222. The van der Waals surface area contributed by atoms with E-state index in [1.54, 1.807) is 0 Å². The number of alkyl halides is 12. The van der Waals surface area contributed by atoms with Gasteiger partial charge in [-0.1, -0.05) is 147 Å². The van der Waals surface area contributed by atoms with Crippen molar-refractivity contribution < 1.29 is 135 Å². The van der Waals surface area contributed by atoms with Gasteiger partial charge in [0.05, 0.1) is 70.1 Å². The minimum Gasteiger partial charge on any atom is -0.743 e. The summed E-state index contributed by atoms with van der Waals surface area (Å²) < 4.78 is 275. The summed E-state index contributed by atoms with van der Waals surface area (Å²) in [6.45, 7) is 5.95. The zero-order chi connectivity index (χ0) is 86.5. The molecule has 9 aromatic carbocycles. The van der Waals surface area contributed by atoms with Crippen LogP contribution in [0.15, 0.2) is 273 Å². The third-order valence-electron chi connectivity index (χ3n) is 16.5. The van der Waals surface area contributed by atoms with Crippen LogP contribution in [-0.4, -0.2) is 149 Å². The minimum absolute atomic E-state index is 0.0451. The van der Waals surface area contributed by atoms with E-state index in [1.165, 1.54) is 82.1 Å². The standard InChI is InChI=1S/3C18H13S.C10H14F4O6S.C9H12F4O6S.C8H10F4O6S/c3*1-2-8-14(9-3-1)19-17-12-6-4-10-15(17)16-11-5-7-13-18(16)19;1-3-20-8(15)7(2)6-19-5-4-9(11,12)10(13,14)21(16,17)18;1-6(7(14)18-2)5-19-4-3-8(10,11)9(12,13)20(15,16)17;1-5(6(13)14)4-18-3-2-7(9,10)8(11,12)19(15,16)17/h3*1-13H;2-6H2,1H3,(H,16,17,18);1,3-5H2,2H3,(H,15,16,17);1-4H2,(H,13,14)(H,15,16,17)/q3*+1;;;/p-3. The van der Waals surface area contributed by atoms with Crippen LogP contribution in [0.1, 0.15) is 26.2 Å². The van der Waals surface area contributed by atoms with E-state index in [9.17, 15) is 106 Å². The number of hydrogen-bond acceptors (Lipinski definition) is 17. The van der Waals surface area contributed by atoms with Crippen molar-refractivity contribution in [3.8, 4) is 14.7 Å². The van der Waals surface area contributed by atoms with Crippen molar-refractivity contribution in [2.45, 2.75) is 59.7 Å². The van der Waals surface area contributed by atoms with Gasteiger partial charge in [0.25, 0.3) is 0 Å². The number of benzene rings is 9. The molecule has 0 spiro atoms. The number of hydrogen-bond donors (Lipinski definition) is 1. The van der Waals surface area contributed by atoms with Gasteiger partial charge in [0.15, 0.2) is 73.2 Å². The molecule has 12 aromatic rings. The van der Waals surface area contributed by atoms with Crippen molar-refractivity contribution in [1.82, 2.24) is 0 Å². The molecule has 624 valence electrons. The van der Waals surface area contributed by atoms with Crippen LogP contribution >= 0.6 is 31.4 Å². The highest BCUT2D eigenvalue weighted by molar-refractivity contribution is 7.87. The lowest BCUT2D eigenvalue weighted by Crippen LogP contribution is -2.47. The molecule has 0 bridgehead atoms. The van der Waals surface area contributed by atoms with E-state index in [0.29, 0.717) is 0 Å². The highest BCUT2D eigenvalue weighted by Crippen LogP contribution is 2.51. The normalized spacial score (nSPS) is 12.2. The first-order valence-electron chi connectivity index (χ1n) is 34.2. The predicted molar refractivity (Wildman–Crippen MR) is 425 cm³/mol. The molecule has 0 amide bonds. The quantitative estimate of drug-likeness (QED) is 0.0119. The van der Waals surface area contributed by atoms with Gasteiger partial charge in [0.2, 0.25) is 0 Å². The van der Waals surface area contributed by atoms with E-state index in [2.05, 4.69) is 280 Å². The fourth-order valence-electron chi connectivity index (χ4n) is 10.7. The Kier molecular flexibility index (Phi) is 32.6. The molecule has 18 nitrogen and oxygen atoms in total. The number of thiophene rings is 3. The van der Waals surface area contributed by atoms with Crippen LogP contribution in [0.3, 0.4) is 0 Å². The Morgan fingerprint density at radius 3 is 0.761 bits per heavy atom. The van der Waals surface area contributed by atoms with Gasteiger partial charge in [-0.25, -0.2) is 39.6 Å². The molecule has 0 saturated carbocycles. The molecule has 117 heavy (non-hydrogen) atoms. The number of carbonyl (C=O) groups excluding carboxylic acids is 2. The highest BCUT2D eigenvalue weighted by Gasteiger charge is 2.63. The zero-order valence-electron chi connectivity index (χ0n) is 61.6. The van der Waals surface area contributed by atoms with Gasteiger partial charge < -0.3 is 42.4 Å². The average molecular weight is 1750 g/mol. The van der Waals surface area contributed by atoms with Gasteiger partial charge >= 0.3 is 51.4 Å². The lowest BCUT2D eigenvalue weighted by molar-refractivity contribution is -0.171. The first kappa shape index (κ1) is 94.2. The molecule has 3 heterocycles. The summed E-state index contributed by atoms with van der Waals surface area (Å²) in [6, 6.07) is 85.2. The second kappa shape index (κ2) is 40.5. The molecule has 1 N–H and O–H groups in total. The van der Waals surface area contributed by atoms with Gasteiger partial charge in [0, 0.05) is 83.0 Å². The van der Waals surface area contributed by atoms with Crippen LogP contribution in [0, 0.1) is 0 Å². The van der Waals surface area contributed by atoms with Crippen LogP contribution in [0.25, 0.3) is 75.2 Å². The van der Waals surface area contributed by atoms with Crippen LogP contribution in [0.5, 0.6) is 0 Å². The number of esters is 2. The Morgan fingerprint density at radius 1 is 0.350 bits per heavy atom. The molecule has 0 aliphatic heterocycles. The summed E-state index contributed by atoms with van der Waals surface area (Å²) >= 11 is 0. The van der Waals surface area contributed by atoms with E-state index >= 15 is 0 Å². The zero-order valence-corrected chi connectivity index (χ0v) is 66.5. The molecular formula is C81H72F12O18S6. The summed E-state index contributed by atoms with van der Waals surface area (Å²) in [4.78, 5) is 36.3. The van der Waals surface area contributed by atoms with Crippen molar-refractivity contribution in [2.75, 3.05) is 53.4 Å². The maximum atomic E-state index is 13.0. The van der Waals surface area contributed by atoms with Gasteiger partial charge in [-0.15, -0.1) is 0 Å². The lowest BCUT2D eigenvalue weighted by Gasteiger charge is -2.28. The first-order valence-corrected chi connectivity index (χ1v) is 42.1. The molecule has 3 aromatic heterocycles. The monoisotopic (exact) mass is 1750 g/mol. The Hall–Kier alpha value is -9.96. The second-order valence-corrected chi connectivity index (χ2v) is 34.7. The van der Waals surface area contributed by atoms with Crippen molar-refractivity contribution in [3.05, 3.63) is 273 Å². The van der Waals surface area contributed by atoms with Crippen LogP contribution in [0.2, 0.25) is 0 Å². The molecule has 0 unspecified atom stereocenters. The molecule has 0 fully saturated rings. The van der Waals surface area contributed by atoms with E-state index in [-0.39, 0.29) is 49.2 Å². The fourth-order valence-corrected chi connectivity index (χ4v) is 19.3. The Balaban J connectivity index is 0.000000194. The second-order valence-electron chi connectivity index (χ2n) is 24.6. The SMILES string of the molecule is C=C(COCCC(F)(F)C(F)(F)S(=O)(=O)[O-])C(=O)O.C=C(COCCC(F)(F)C(F)(F)S(=O)(=O)[O-])C(=O)OC.C=C(COCCC(F)(F)C(F)(F)S(=O)(=O)[O-])C(=O)OCC.c1ccc(-[s+]2c3ccccc3c3ccccc32)cc1.c1ccc(-[s+]2c3ccccc3c3ccccc32)cc1.c1ccc(-[s+]2c3ccccc3c3ccccc32)cc1. The number of carbonyl (C=O) groups is 3. The van der Waals surface area contributed by atoms with Gasteiger partial charge in [-0.05, 0) is 116 Å². The van der Waals surface area contributed by atoms with Crippen molar-refractivity contribution >= 4 is 140 Å². The Bertz CT molecular complexity index is 5320. The third-order valence-corrected chi connectivity index (χ3v) is 26.3. The summed E-state index contributed by atoms with van der Waals surface area (Å²) in [5.74, 6) is -18.5. The molecule has 36 heteroatoms. The molecule has 0 atom stereocenters. The third kappa shape index (κ3) is 23.1. The largest absolute Gasteiger partial charge is 0.743 e. The molecule has 0 saturated heterocycles. The van der Waals surface area contributed by atoms with E-state index in [1.807, 2.05) is 0 Å². The lowest BCUT2D eigenvalue weighted by atomic mass is 10.2. The summed E-state index contributed by atoms with van der Waals surface area (Å²) in [5, 5.41) is -0.595. The Labute approximate surface area is 671 Å². The number of ether oxygens (including phenoxy) is 5. The molecule has 0 aliphatic carbocycles. The molecule has 0 aliphatic rings. The summed E-state index contributed by atoms with van der Waals surface area (Å²) in [5.41, 5.74) is -0.992.